The van der Waals surface area contributed by atoms with Crippen LogP contribution in [0, 0.1) is 0 Å². The smallest absolute Gasteiger partial charge is 0.201 e. The zero-order valence-electron chi connectivity index (χ0n) is 15.5. The van der Waals surface area contributed by atoms with Crippen LogP contribution in [0.5, 0.6) is 0 Å². The number of rotatable bonds is 5. The fourth-order valence-electron chi connectivity index (χ4n) is 2.97. The largest absolute Gasteiger partial charge is 0.235 e. The summed E-state index contributed by atoms with van der Waals surface area (Å²) in [6, 6.07) is 4.13. The lowest BCUT2D eigenvalue weighted by atomic mass is 9.99. The molecule has 8 heteroatoms. The molecular weight excluding hydrogens is 328 g/mol. The summed E-state index contributed by atoms with van der Waals surface area (Å²) in [6.07, 6.45) is 4.70. The van der Waals surface area contributed by atoms with Crippen molar-refractivity contribution >= 4 is 22.3 Å². The average molecular weight is 350 g/mol. The van der Waals surface area contributed by atoms with Crippen molar-refractivity contribution in [2.24, 2.45) is 7.05 Å². The first-order valence-electron chi connectivity index (χ1n) is 8.87. The first-order valence-corrected chi connectivity index (χ1v) is 8.87. The molecule has 0 fully saturated rings. The van der Waals surface area contributed by atoms with E-state index in [1.54, 1.807) is 9.48 Å². The maximum atomic E-state index is 4.58. The Labute approximate surface area is 151 Å². The van der Waals surface area contributed by atoms with E-state index in [4.69, 9.17) is 0 Å². The summed E-state index contributed by atoms with van der Waals surface area (Å²) in [5.74, 6) is 0.753. The highest BCUT2D eigenvalue weighted by Crippen LogP contribution is 2.22. The number of hydrogen-bond donors (Lipinski definition) is 0. The van der Waals surface area contributed by atoms with Crippen LogP contribution in [0.25, 0.3) is 22.3 Å². The summed E-state index contributed by atoms with van der Waals surface area (Å²) >= 11 is 0. The SMILES string of the molecule is CC(C)c1cnc2nn(CCC(C)c3cnc4c(c3)nnn4C)nc2c1. The predicted octanol–water partition coefficient (Wildman–Crippen LogP) is 2.82. The minimum Gasteiger partial charge on any atom is -0.235 e. The molecule has 1 unspecified atom stereocenters. The fraction of sp³-hybridized carbons (Fsp3) is 0.444. The molecular formula is C18H22N8. The van der Waals surface area contributed by atoms with E-state index in [1.165, 1.54) is 5.56 Å². The molecule has 0 aliphatic carbocycles. The molecule has 0 aromatic carbocycles. The zero-order chi connectivity index (χ0) is 18.3. The molecule has 4 aromatic rings. The summed E-state index contributed by atoms with van der Waals surface area (Å²) in [4.78, 5) is 10.6. The van der Waals surface area contributed by atoms with Gasteiger partial charge < -0.3 is 0 Å². The van der Waals surface area contributed by atoms with Gasteiger partial charge in [0.2, 0.25) is 5.65 Å². The molecule has 0 bridgehead atoms. The number of pyridine rings is 2. The molecule has 1 atom stereocenters. The second-order valence-corrected chi connectivity index (χ2v) is 7.08. The second-order valence-electron chi connectivity index (χ2n) is 7.08. The topological polar surface area (TPSA) is 87.2 Å². The Morgan fingerprint density at radius 3 is 2.54 bits per heavy atom. The van der Waals surface area contributed by atoms with Crippen LogP contribution in [0.15, 0.2) is 24.5 Å². The molecule has 0 radical (unpaired) electrons. The van der Waals surface area contributed by atoms with Gasteiger partial charge in [-0.25, -0.2) is 14.6 Å². The molecule has 134 valence electrons. The van der Waals surface area contributed by atoms with E-state index in [0.29, 0.717) is 17.5 Å². The molecule has 0 saturated carbocycles. The summed E-state index contributed by atoms with van der Waals surface area (Å²) in [5, 5.41) is 17.2. The lowest BCUT2D eigenvalue weighted by molar-refractivity contribution is 0.486. The van der Waals surface area contributed by atoms with Crippen LogP contribution in [-0.4, -0.2) is 40.0 Å². The molecule has 0 aliphatic heterocycles. The molecule has 8 nitrogen and oxygen atoms in total. The van der Waals surface area contributed by atoms with Crippen LogP contribution in [0.1, 0.15) is 50.2 Å². The normalized spacial score (nSPS) is 13.1. The molecule has 4 aromatic heterocycles. The number of nitrogens with zero attached hydrogens (tertiary/aromatic N) is 8. The van der Waals surface area contributed by atoms with E-state index >= 15 is 0 Å². The van der Waals surface area contributed by atoms with Crippen LogP contribution < -0.4 is 0 Å². The zero-order valence-corrected chi connectivity index (χ0v) is 15.5. The van der Waals surface area contributed by atoms with Crippen LogP contribution in [0.2, 0.25) is 0 Å². The molecule has 0 N–H and O–H groups in total. The first kappa shape index (κ1) is 16.6. The molecule has 4 rings (SSSR count). The van der Waals surface area contributed by atoms with Gasteiger partial charge in [0.05, 0.1) is 6.54 Å². The Morgan fingerprint density at radius 2 is 1.73 bits per heavy atom. The minimum atomic E-state index is 0.321. The van der Waals surface area contributed by atoms with Crippen LogP contribution in [0.4, 0.5) is 0 Å². The lowest BCUT2D eigenvalue weighted by Crippen LogP contribution is -2.06. The van der Waals surface area contributed by atoms with Crippen molar-refractivity contribution < 1.29 is 0 Å². The van der Waals surface area contributed by atoms with Gasteiger partial charge in [0.15, 0.2) is 5.65 Å². The van der Waals surface area contributed by atoms with Crippen molar-refractivity contribution in [3.05, 3.63) is 35.7 Å². The monoisotopic (exact) mass is 350 g/mol. The van der Waals surface area contributed by atoms with Gasteiger partial charge in [-0.2, -0.15) is 9.90 Å². The Balaban J connectivity index is 1.49. The van der Waals surface area contributed by atoms with Crippen molar-refractivity contribution in [2.45, 2.75) is 45.6 Å². The first-order chi connectivity index (χ1) is 12.5. The molecule has 4 heterocycles. The third-order valence-corrected chi connectivity index (χ3v) is 4.76. The number of hydrogen-bond acceptors (Lipinski definition) is 6. The fourth-order valence-corrected chi connectivity index (χ4v) is 2.97. The van der Waals surface area contributed by atoms with Crippen molar-refractivity contribution in [2.75, 3.05) is 0 Å². The van der Waals surface area contributed by atoms with Gasteiger partial charge in [-0.05, 0) is 41.5 Å². The number of aromatic nitrogens is 8. The highest BCUT2D eigenvalue weighted by atomic mass is 15.5. The molecule has 26 heavy (non-hydrogen) atoms. The highest BCUT2D eigenvalue weighted by Gasteiger charge is 2.12. The van der Waals surface area contributed by atoms with E-state index in [2.05, 4.69) is 63.4 Å². The molecule has 0 amide bonds. The van der Waals surface area contributed by atoms with E-state index in [-0.39, 0.29) is 0 Å². The van der Waals surface area contributed by atoms with E-state index in [1.807, 2.05) is 19.4 Å². The predicted molar refractivity (Wildman–Crippen MR) is 98.7 cm³/mol. The van der Waals surface area contributed by atoms with Gasteiger partial charge in [0, 0.05) is 19.4 Å². The van der Waals surface area contributed by atoms with E-state index in [9.17, 15) is 0 Å². The minimum absolute atomic E-state index is 0.321. The maximum Gasteiger partial charge on any atom is 0.201 e. The second kappa shape index (κ2) is 6.44. The lowest BCUT2D eigenvalue weighted by Gasteiger charge is -2.10. The van der Waals surface area contributed by atoms with Crippen molar-refractivity contribution in [1.82, 2.24) is 40.0 Å². The van der Waals surface area contributed by atoms with Crippen LogP contribution >= 0.6 is 0 Å². The van der Waals surface area contributed by atoms with Crippen LogP contribution in [0.3, 0.4) is 0 Å². The van der Waals surface area contributed by atoms with Crippen molar-refractivity contribution in [3.8, 4) is 0 Å². The Morgan fingerprint density at radius 1 is 0.962 bits per heavy atom. The van der Waals surface area contributed by atoms with Gasteiger partial charge in [0.1, 0.15) is 11.0 Å². The Hall–Kier alpha value is -2.90. The Bertz CT molecular complexity index is 1060. The number of fused-ring (bicyclic) bond motifs is 2. The molecule has 0 aliphatic rings. The van der Waals surface area contributed by atoms with Gasteiger partial charge in [-0.3, -0.25) is 0 Å². The van der Waals surface area contributed by atoms with Gasteiger partial charge in [0.25, 0.3) is 0 Å². The number of aryl methyl sites for hydroxylation is 2. The molecule has 0 spiro atoms. The Kier molecular flexibility index (Phi) is 4.10. The van der Waals surface area contributed by atoms with Crippen molar-refractivity contribution in [3.63, 3.8) is 0 Å². The molecule has 0 saturated heterocycles. The standard InChI is InChI=1S/C18H22N8/c1-11(2)13-7-15-17(19-9-13)23-26(22-15)6-5-12(3)14-8-16-18(20-10-14)25(4)24-21-16/h7-12H,5-6H2,1-4H3. The van der Waals surface area contributed by atoms with Crippen LogP contribution in [-0.2, 0) is 13.6 Å². The quantitative estimate of drug-likeness (QED) is 0.550. The highest BCUT2D eigenvalue weighted by molar-refractivity contribution is 5.70. The van der Waals surface area contributed by atoms with Gasteiger partial charge in [-0.15, -0.1) is 10.2 Å². The summed E-state index contributed by atoms with van der Waals surface area (Å²) in [6.45, 7) is 7.21. The third kappa shape index (κ3) is 3.02. The third-order valence-electron chi connectivity index (χ3n) is 4.76. The van der Waals surface area contributed by atoms with Crippen molar-refractivity contribution in [1.29, 1.82) is 0 Å². The van der Waals surface area contributed by atoms with Gasteiger partial charge >= 0.3 is 0 Å². The maximum absolute atomic E-state index is 4.58. The summed E-state index contributed by atoms with van der Waals surface area (Å²) in [7, 11) is 1.85. The summed E-state index contributed by atoms with van der Waals surface area (Å²) in [5.41, 5.74) is 5.51. The van der Waals surface area contributed by atoms with Gasteiger partial charge in [-0.1, -0.05) is 26.0 Å². The average Bonchev–Trinajstić information content (AvgIpc) is 3.21. The summed E-state index contributed by atoms with van der Waals surface area (Å²) < 4.78 is 1.68. The van der Waals surface area contributed by atoms with E-state index in [0.717, 1.165) is 35.2 Å². The van der Waals surface area contributed by atoms with E-state index < -0.39 is 0 Å².